The Morgan fingerprint density at radius 1 is 0.296 bits per heavy atom. The average Bonchev–Trinajstić information content (AvgIpc) is 0.893. The van der Waals surface area contributed by atoms with Gasteiger partial charge >= 0.3 is 0 Å². The van der Waals surface area contributed by atoms with Crippen LogP contribution >= 0.6 is 0 Å². The maximum atomic E-state index is 5.70. The minimum atomic E-state index is -0.343. The third-order valence-corrected chi connectivity index (χ3v) is 17.4. The number of ether oxygens (including phenoxy) is 17. The lowest BCUT2D eigenvalue weighted by Crippen LogP contribution is -2.19. The van der Waals surface area contributed by atoms with Crippen LogP contribution in [0.15, 0.2) is 301 Å². The van der Waals surface area contributed by atoms with Gasteiger partial charge in [-0.25, -0.2) is 0 Å². The Labute approximate surface area is 747 Å². The molecular weight excluding hydrogens is 1570 g/mol. The van der Waals surface area contributed by atoms with E-state index in [-0.39, 0.29) is 44.5 Å². The third kappa shape index (κ3) is 47.5. The lowest BCUT2D eigenvalue weighted by Gasteiger charge is -2.17. The van der Waals surface area contributed by atoms with Crippen LogP contribution in [0.25, 0.3) is 40.5 Å². The van der Waals surface area contributed by atoms with Crippen molar-refractivity contribution in [3.63, 3.8) is 0 Å². The van der Waals surface area contributed by atoms with E-state index < -0.39 is 0 Å². The molecule has 6 atom stereocenters. The number of para-hydroxylation sites is 1. The summed E-state index contributed by atoms with van der Waals surface area (Å²) in [6.45, 7) is 59.1. The normalized spacial score (nSPS) is 11.7. The average molecular weight is 1710 g/mol. The highest BCUT2D eigenvalue weighted by molar-refractivity contribution is 5.64. The fourth-order valence-corrected chi connectivity index (χ4v) is 10.7. The number of hydrogen-bond acceptors (Lipinski definition) is 17. The molecule has 0 amide bonds. The SMILES string of the molecule is C=C(C)c1ccc(OC(C)OCC(C)C)cc1.C=C(C)c1ccc(OC(C)OCC)cc1.C=C(C)c1ccc(OC(CC)OCC)cc1.C=C(C)c1ccc(OCOC)cc1.C=Cc1ccc(OC(C)OCCOc2ccc(OC)cc2)cc1.C=Cc1ccc(OC(C)OCCOc2ccccc2)cc1.C=Cc1ccc(OC(C)OCCc2ccccc2)cc1. The van der Waals surface area contributed by atoms with Crippen LogP contribution in [0.5, 0.6) is 57.5 Å². The van der Waals surface area contributed by atoms with Crippen LogP contribution < -0.4 is 47.4 Å². The standard InChI is InChI=1S/C19H22O4.C18H20O3.C18H20O2.C15H22O2.C14H20O2.C13H18O2.C11H14O2/c1-4-16-5-7-19(8-6-16)23-15(2)21-13-14-22-18-11-9-17(20-3)10-12-18;1-3-16-9-11-18(12-10-16)21-15(2)19-13-14-20-17-7-5-4-6-8-17;1-3-16-9-11-18(12-10-16)20-15(2)19-14-13-17-7-5-4-6-8-17;1-11(2)10-16-13(5)17-15-8-6-14(7-9-15)12(3)4;1-5-14(15-6-2)16-13-9-7-12(8-10-13)11(3)4;1-5-14-11(4)15-13-8-6-12(7-9-13)10(2)3;1-9(2)10-4-6-11(7-5-10)13-8-12-3/h4-12,15H,1,13-14H2,2-3H3;3-12,15H,1,13-14H2,2H3;3-12,15H,1,13-14H2,2H3;6-9,11,13H,3,10H2,1-2,4-5H3;7-10,14H,3,5-6H2,1-2,4H3;6-9,11H,2,5H2,1,3-4H3;4-7H,1,8H2,2-3H3. The summed E-state index contributed by atoms with van der Waals surface area (Å²) >= 11 is 0. The first kappa shape index (κ1) is 105. The van der Waals surface area contributed by atoms with Gasteiger partial charge in [-0.3, -0.25) is 0 Å². The van der Waals surface area contributed by atoms with Gasteiger partial charge in [0.05, 0.1) is 33.5 Å². The smallest absolute Gasteiger partial charge is 0.199 e. The topological polar surface area (TPSA) is 157 Å². The van der Waals surface area contributed by atoms with Crippen LogP contribution in [0.3, 0.4) is 0 Å². The molecule has 0 heterocycles. The van der Waals surface area contributed by atoms with Gasteiger partial charge < -0.3 is 80.5 Å². The highest BCUT2D eigenvalue weighted by Gasteiger charge is 2.12. The first-order chi connectivity index (χ1) is 60.3. The molecule has 10 aromatic carbocycles. The van der Waals surface area contributed by atoms with Gasteiger partial charge in [0.2, 0.25) is 0 Å². The molecule has 0 spiro atoms. The summed E-state index contributed by atoms with van der Waals surface area (Å²) < 4.78 is 93.2. The van der Waals surface area contributed by atoms with Crippen molar-refractivity contribution in [1.82, 2.24) is 0 Å². The zero-order valence-corrected chi connectivity index (χ0v) is 76.7. The van der Waals surface area contributed by atoms with Crippen molar-refractivity contribution in [3.8, 4) is 57.5 Å². The van der Waals surface area contributed by atoms with Gasteiger partial charge in [0, 0.05) is 26.7 Å². The van der Waals surface area contributed by atoms with Crippen molar-refractivity contribution in [2.24, 2.45) is 5.92 Å². The van der Waals surface area contributed by atoms with Gasteiger partial charge in [-0.2, -0.15) is 0 Å². The molecule has 0 aromatic heterocycles. The molecule has 6 unspecified atom stereocenters. The second-order valence-electron chi connectivity index (χ2n) is 28.6. The molecule has 10 aromatic rings. The maximum Gasteiger partial charge on any atom is 0.199 e. The Hall–Kier alpha value is -11.9. The number of benzene rings is 10. The monoisotopic (exact) mass is 1700 g/mol. The summed E-state index contributed by atoms with van der Waals surface area (Å²) in [6, 6.07) is 82.0. The second kappa shape index (κ2) is 63.1. The van der Waals surface area contributed by atoms with Crippen molar-refractivity contribution in [2.45, 2.75) is 148 Å². The molecule has 0 fully saturated rings. The first-order valence-corrected chi connectivity index (χ1v) is 42.3. The lowest BCUT2D eigenvalue weighted by atomic mass is 10.1. The zero-order chi connectivity index (χ0) is 91.4. The van der Waals surface area contributed by atoms with Crippen LogP contribution in [-0.2, 0) is 39.6 Å². The molecule has 670 valence electrons. The summed E-state index contributed by atoms with van der Waals surface area (Å²) in [6.07, 6.45) is 5.64. The molecule has 10 rings (SSSR count). The quantitative estimate of drug-likeness (QED) is 0.0262. The van der Waals surface area contributed by atoms with E-state index in [1.165, 1.54) is 5.56 Å². The number of rotatable bonds is 45. The highest BCUT2D eigenvalue weighted by atomic mass is 16.7. The van der Waals surface area contributed by atoms with Gasteiger partial charge in [-0.1, -0.05) is 241 Å². The molecule has 17 nitrogen and oxygen atoms in total. The van der Waals surface area contributed by atoms with E-state index in [0.717, 1.165) is 132 Å². The summed E-state index contributed by atoms with van der Waals surface area (Å²) in [5.41, 5.74) is 13.2. The Kier molecular flexibility index (Phi) is 53.2. The van der Waals surface area contributed by atoms with E-state index in [2.05, 4.69) is 72.0 Å². The van der Waals surface area contributed by atoms with E-state index in [9.17, 15) is 0 Å². The van der Waals surface area contributed by atoms with Crippen LogP contribution in [0.1, 0.15) is 148 Å². The summed E-state index contributed by atoms with van der Waals surface area (Å²) in [5, 5.41) is 0. The third-order valence-electron chi connectivity index (χ3n) is 17.4. The van der Waals surface area contributed by atoms with Crippen LogP contribution in [-0.4, -0.2) is 112 Å². The van der Waals surface area contributed by atoms with Crippen molar-refractivity contribution in [2.75, 3.05) is 73.9 Å². The first-order valence-electron chi connectivity index (χ1n) is 42.3. The summed E-state index contributed by atoms with van der Waals surface area (Å²) in [4.78, 5) is 0. The molecule has 0 radical (unpaired) electrons. The molecule has 0 aliphatic carbocycles. The predicted molar refractivity (Wildman–Crippen MR) is 514 cm³/mol. The van der Waals surface area contributed by atoms with E-state index in [1.54, 1.807) is 26.4 Å². The molecular formula is C108H136O17. The molecule has 0 saturated heterocycles. The van der Waals surface area contributed by atoms with Crippen LogP contribution in [0.2, 0.25) is 0 Å². The minimum absolute atomic E-state index is 0.152. The Bertz CT molecular complexity index is 4540. The van der Waals surface area contributed by atoms with Gasteiger partial charge in [-0.15, -0.1) is 0 Å². The Morgan fingerprint density at radius 2 is 0.584 bits per heavy atom. The number of hydrogen-bond donors (Lipinski definition) is 0. The van der Waals surface area contributed by atoms with Gasteiger partial charge in [-0.05, 0) is 254 Å². The van der Waals surface area contributed by atoms with Crippen molar-refractivity contribution >= 4 is 40.5 Å². The largest absolute Gasteiger partial charge is 0.497 e. The second-order valence-corrected chi connectivity index (χ2v) is 28.6. The summed E-state index contributed by atoms with van der Waals surface area (Å²) in [5.74, 6) is 8.59. The summed E-state index contributed by atoms with van der Waals surface area (Å²) in [7, 11) is 3.23. The number of methoxy groups -OCH3 is 2. The molecule has 0 aliphatic rings. The lowest BCUT2D eigenvalue weighted by molar-refractivity contribution is -0.0767. The highest BCUT2D eigenvalue weighted by Crippen LogP contribution is 2.25. The van der Waals surface area contributed by atoms with Crippen molar-refractivity contribution in [1.29, 1.82) is 0 Å². The predicted octanol–water partition coefficient (Wildman–Crippen LogP) is 26.8. The zero-order valence-electron chi connectivity index (χ0n) is 76.7. The van der Waals surface area contributed by atoms with Gasteiger partial charge in [0.15, 0.2) is 44.5 Å². The van der Waals surface area contributed by atoms with E-state index in [0.29, 0.717) is 58.8 Å². The minimum Gasteiger partial charge on any atom is -0.497 e. The van der Waals surface area contributed by atoms with Crippen molar-refractivity contribution in [3.05, 3.63) is 345 Å². The molecule has 0 saturated carbocycles. The van der Waals surface area contributed by atoms with E-state index >= 15 is 0 Å². The number of allylic oxidation sites excluding steroid dienone is 4. The molecule has 0 aliphatic heterocycles. The van der Waals surface area contributed by atoms with E-state index in [1.807, 2.05) is 332 Å². The molecule has 0 N–H and O–H groups in total. The van der Waals surface area contributed by atoms with E-state index in [4.69, 9.17) is 80.5 Å². The maximum absolute atomic E-state index is 5.70. The molecule has 17 heteroatoms. The Morgan fingerprint density at radius 3 is 0.904 bits per heavy atom. The van der Waals surface area contributed by atoms with Gasteiger partial charge in [0.1, 0.15) is 70.7 Å². The van der Waals surface area contributed by atoms with Gasteiger partial charge in [0.25, 0.3) is 0 Å². The fraction of sp³-hybridized carbons (Fsp3) is 0.315. The van der Waals surface area contributed by atoms with Crippen LogP contribution in [0, 0.1) is 5.92 Å². The molecule has 125 heavy (non-hydrogen) atoms. The van der Waals surface area contributed by atoms with Crippen molar-refractivity contribution < 1.29 is 80.5 Å². The fourth-order valence-electron chi connectivity index (χ4n) is 10.7. The Balaban J connectivity index is 0.000000308. The molecule has 0 bridgehead atoms. The van der Waals surface area contributed by atoms with Crippen LogP contribution in [0.4, 0.5) is 0 Å².